The molecule has 0 aromatic heterocycles. The maximum atomic E-state index is 12.2. The molecule has 0 spiro atoms. The van der Waals surface area contributed by atoms with Crippen LogP contribution in [0.15, 0.2) is 12.1 Å². The van der Waals surface area contributed by atoms with Gasteiger partial charge < -0.3 is 19.7 Å². The molecule has 1 aromatic carbocycles. The maximum absolute atomic E-state index is 12.2. The lowest BCUT2D eigenvalue weighted by atomic mass is 10.2. The van der Waals surface area contributed by atoms with Gasteiger partial charge in [-0.15, -0.1) is 0 Å². The Labute approximate surface area is 148 Å². The number of hydrogen-bond donors (Lipinski definition) is 1. The zero-order valence-electron chi connectivity index (χ0n) is 14.6. The average molecular weight is 357 g/mol. The van der Waals surface area contributed by atoms with Gasteiger partial charge in [0.25, 0.3) is 0 Å². The summed E-state index contributed by atoms with van der Waals surface area (Å²) < 4.78 is 10.3. The number of halogens is 1. The van der Waals surface area contributed by atoms with Crippen molar-refractivity contribution in [3.63, 3.8) is 0 Å². The summed E-state index contributed by atoms with van der Waals surface area (Å²) in [5.41, 5.74) is 0.411. The molecule has 0 aliphatic rings. The molecule has 2 amide bonds. The molecule has 134 valence electrons. The molecular formula is C17H25ClN2O4. The van der Waals surface area contributed by atoms with Gasteiger partial charge in [-0.25, -0.2) is 0 Å². The highest BCUT2D eigenvalue weighted by atomic mass is 35.5. The zero-order chi connectivity index (χ0) is 18.1. The van der Waals surface area contributed by atoms with Crippen molar-refractivity contribution in [3.8, 4) is 11.5 Å². The molecule has 0 bridgehead atoms. The molecule has 0 radical (unpaired) electrons. The molecule has 0 saturated heterocycles. The van der Waals surface area contributed by atoms with Gasteiger partial charge in [-0.2, -0.15) is 0 Å². The van der Waals surface area contributed by atoms with Crippen LogP contribution >= 0.6 is 11.6 Å². The van der Waals surface area contributed by atoms with Crippen LogP contribution in [0.4, 0.5) is 5.69 Å². The number of anilines is 1. The molecule has 0 fully saturated rings. The molecular weight excluding hydrogens is 332 g/mol. The molecule has 0 heterocycles. The Kier molecular flexibility index (Phi) is 8.40. The first-order valence-electron chi connectivity index (χ1n) is 7.95. The second-order valence-electron chi connectivity index (χ2n) is 5.29. The minimum absolute atomic E-state index is 0.184. The minimum Gasteiger partial charge on any atom is -0.495 e. The lowest BCUT2D eigenvalue weighted by molar-refractivity contribution is -0.134. The Morgan fingerprint density at radius 3 is 2.17 bits per heavy atom. The van der Waals surface area contributed by atoms with Crippen LogP contribution < -0.4 is 14.8 Å². The monoisotopic (exact) mass is 356 g/mol. The number of benzene rings is 1. The van der Waals surface area contributed by atoms with Gasteiger partial charge in [-0.3, -0.25) is 9.59 Å². The molecule has 7 heteroatoms. The van der Waals surface area contributed by atoms with Gasteiger partial charge in [0.1, 0.15) is 17.9 Å². The highest BCUT2D eigenvalue weighted by Crippen LogP contribution is 2.35. The normalized spacial score (nSPS) is 10.2. The van der Waals surface area contributed by atoms with Gasteiger partial charge >= 0.3 is 0 Å². The van der Waals surface area contributed by atoms with E-state index in [-0.39, 0.29) is 12.3 Å². The first-order chi connectivity index (χ1) is 11.5. The molecule has 1 N–H and O–H groups in total. The Morgan fingerprint density at radius 2 is 1.67 bits per heavy atom. The van der Waals surface area contributed by atoms with E-state index >= 15 is 0 Å². The molecule has 0 unspecified atom stereocenters. The fourth-order valence-corrected chi connectivity index (χ4v) is 2.53. The summed E-state index contributed by atoms with van der Waals surface area (Å²) >= 11 is 6.03. The summed E-state index contributed by atoms with van der Waals surface area (Å²) in [6.45, 7) is 5.30. The van der Waals surface area contributed by atoms with Crippen molar-refractivity contribution in [2.45, 2.75) is 33.1 Å². The number of nitrogens with one attached hydrogen (secondary N) is 1. The van der Waals surface area contributed by atoms with Crippen molar-refractivity contribution in [2.75, 3.05) is 32.6 Å². The van der Waals surface area contributed by atoms with E-state index < -0.39 is 5.91 Å². The van der Waals surface area contributed by atoms with Crippen LogP contribution in [-0.2, 0) is 9.59 Å². The summed E-state index contributed by atoms with van der Waals surface area (Å²) in [7, 11) is 2.96. The number of carbonyl (C=O) groups is 2. The summed E-state index contributed by atoms with van der Waals surface area (Å²) in [6.07, 6.45) is 1.50. The molecule has 6 nitrogen and oxygen atoms in total. The number of amides is 2. The van der Waals surface area contributed by atoms with Gasteiger partial charge in [-0.1, -0.05) is 25.4 Å². The Hall–Kier alpha value is -1.95. The molecule has 1 aromatic rings. The van der Waals surface area contributed by atoms with Crippen molar-refractivity contribution in [1.29, 1.82) is 0 Å². The summed E-state index contributed by atoms with van der Waals surface area (Å²) in [4.78, 5) is 26.2. The number of ether oxygens (including phenoxy) is 2. The Bertz CT molecular complexity index is 572. The fourth-order valence-electron chi connectivity index (χ4n) is 2.30. The van der Waals surface area contributed by atoms with E-state index in [2.05, 4.69) is 5.32 Å². The lowest BCUT2D eigenvalue weighted by Crippen LogP contribution is -2.35. The van der Waals surface area contributed by atoms with Crippen molar-refractivity contribution < 1.29 is 19.1 Å². The van der Waals surface area contributed by atoms with E-state index in [1.807, 2.05) is 13.8 Å². The molecule has 0 atom stereocenters. The van der Waals surface area contributed by atoms with Crippen LogP contribution in [0.25, 0.3) is 0 Å². The van der Waals surface area contributed by atoms with Crippen LogP contribution in [0.1, 0.15) is 33.1 Å². The second-order valence-corrected chi connectivity index (χ2v) is 5.70. The third-order valence-corrected chi connectivity index (χ3v) is 3.69. The third kappa shape index (κ3) is 5.60. The van der Waals surface area contributed by atoms with Gasteiger partial charge in [0.2, 0.25) is 11.8 Å². The Morgan fingerprint density at radius 1 is 1.08 bits per heavy atom. The van der Waals surface area contributed by atoms with Gasteiger partial charge in [0.05, 0.1) is 24.9 Å². The molecule has 0 saturated carbocycles. The summed E-state index contributed by atoms with van der Waals surface area (Å²) in [6, 6.07) is 3.12. The predicted molar refractivity (Wildman–Crippen MR) is 95.0 cm³/mol. The van der Waals surface area contributed by atoms with Crippen molar-refractivity contribution in [2.24, 2.45) is 0 Å². The molecule has 0 aliphatic carbocycles. The number of rotatable bonds is 9. The van der Waals surface area contributed by atoms with E-state index in [0.29, 0.717) is 35.3 Å². The highest BCUT2D eigenvalue weighted by Gasteiger charge is 2.18. The number of nitrogens with zero attached hydrogens (tertiary/aromatic N) is 1. The van der Waals surface area contributed by atoms with Crippen LogP contribution in [0.2, 0.25) is 5.02 Å². The summed E-state index contributed by atoms with van der Waals surface area (Å²) in [5.74, 6) is 0.231. The highest BCUT2D eigenvalue weighted by molar-refractivity contribution is 6.32. The molecule has 0 aliphatic heterocycles. The topological polar surface area (TPSA) is 67.9 Å². The number of carbonyl (C=O) groups excluding carboxylic acids is 2. The number of hydrogen-bond acceptors (Lipinski definition) is 4. The van der Waals surface area contributed by atoms with Crippen molar-refractivity contribution >= 4 is 29.1 Å². The van der Waals surface area contributed by atoms with Gasteiger partial charge in [0.15, 0.2) is 0 Å². The smallest absolute Gasteiger partial charge is 0.233 e. The fraction of sp³-hybridized carbons (Fsp3) is 0.529. The number of methoxy groups -OCH3 is 2. The van der Waals surface area contributed by atoms with Crippen LogP contribution in [0, 0.1) is 0 Å². The molecule has 1 rings (SSSR count). The van der Waals surface area contributed by atoms with Gasteiger partial charge in [-0.05, 0) is 12.8 Å². The van der Waals surface area contributed by atoms with Gasteiger partial charge in [0, 0.05) is 25.2 Å². The van der Waals surface area contributed by atoms with E-state index in [1.54, 1.807) is 17.0 Å². The molecule has 24 heavy (non-hydrogen) atoms. The SMILES string of the molecule is CCCN(CCC)C(=O)CC(=O)Nc1cc(OC)c(Cl)cc1OC. The first kappa shape index (κ1) is 20.1. The third-order valence-electron chi connectivity index (χ3n) is 3.40. The second kappa shape index (κ2) is 10.0. The van der Waals surface area contributed by atoms with Crippen LogP contribution in [0.3, 0.4) is 0 Å². The van der Waals surface area contributed by atoms with E-state index in [0.717, 1.165) is 12.8 Å². The van der Waals surface area contributed by atoms with Crippen molar-refractivity contribution in [1.82, 2.24) is 4.90 Å². The van der Waals surface area contributed by atoms with Crippen molar-refractivity contribution in [3.05, 3.63) is 17.2 Å². The van der Waals surface area contributed by atoms with Crippen LogP contribution in [0.5, 0.6) is 11.5 Å². The largest absolute Gasteiger partial charge is 0.495 e. The van der Waals surface area contributed by atoms with Crippen LogP contribution in [-0.4, -0.2) is 44.0 Å². The Balaban J connectivity index is 2.82. The van der Waals surface area contributed by atoms with E-state index in [1.165, 1.54) is 14.2 Å². The lowest BCUT2D eigenvalue weighted by Gasteiger charge is -2.21. The quantitative estimate of drug-likeness (QED) is 0.689. The standard InChI is InChI=1S/C17H25ClN2O4/c1-5-7-20(8-6-2)17(22)11-16(21)19-13-10-14(23-3)12(18)9-15(13)24-4/h9-10H,5-8,11H2,1-4H3,(H,19,21). The van der Waals surface area contributed by atoms with E-state index in [4.69, 9.17) is 21.1 Å². The first-order valence-corrected chi connectivity index (χ1v) is 8.33. The summed E-state index contributed by atoms with van der Waals surface area (Å²) in [5, 5.41) is 3.06. The maximum Gasteiger partial charge on any atom is 0.233 e. The average Bonchev–Trinajstić information content (AvgIpc) is 2.55. The van der Waals surface area contributed by atoms with E-state index in [9.17, 15) is 9.59 Å². The minimum atomic E-state index is -0.403. The predicted octanol–water partition coefficient (Wildman–Crippen LogP) is 3.33. The zero-order valence-corrected chi connectivity index (χ0v) is 15.4.